The topological polar surface area (TPSA) is 43.6 Å². The highest BCUT2D eigenvalue weighted by atomic mass is 19.1. The van der Waals surface area contributed by atoms with E-state index in [9.17, 15) is 4.39 Å². The Labute approximate surface area is 295 Å². The summed E-state index contributed by atoms with van der Waals surface area (Å²) in [4.78, 5) is 15.2. The van der Waals surface area contributed by atoms with Crippen LogP contribution >= 0.6 is 0 Å². The first-order valence-corrected chi connectivity index (χ1v) is 17.0. The van der Waals surface area contributed by atoms with Crippen molar-refractivity contribution in [2.75, 3.05) is 0 Å². The van der Waals surface area contributed by atoms with E-state index >= 15 is 0 Å². The maximum absolute atomic E-state index is 14.1. The molecule has 0 aliphatic carbocycles. The van der Waals surface area contributed by atoms with Gasteiger partial charge in [-0.25, -0.2) is 19.3 Å². The molecule has 0 unspecified atom stereocenters. The van der Waals surface area contributed by atoms with Gasteiger partial charge in [0.15, 0.2) is 17.5 Å². The third kappa shape index (κ3) is 5.65. The van der Waals surface area contributed by atoms with Crippen molar-refractivity contribution >= 4 is 21.8 Å². The zero-order valence-electron chi connectivity index (χ0n) is 27.8. The summed E-state index contributed by atoms with van der Waals surface area (Å²) in [6.45, 7) is 2.11. The Bertz CT molecular complexity index is 2620. The van der Waals surface area contributed by atoms with Crippen LogP contribution in [-0.4, -0.2) is 19.5 Å². The van der Waals surface area contributed by atoms with Crippen molar-refractivity contribution in [2.24, 2.45) is 0 Å². The monoisotopic (exact) mass is 658 g/mol. The van der Waals surface area contributed by atoms with E-state index < -0.39 is 0 Å². The minimum absolute atomic E-state index is 0.270. The number of aromatic nitrogens is 4. The van der Waals surface area contributed by atoms with E-state index in [1.54, 1.807) is 0 Å². The van der Waals surface area contributed by atoms with E-state index in [1.165, 1.54) is 17.7 Å². The lowest BCUT2D eigenvalue weighted by molar-refractivity contribution is 0.628. The molecule has 0 bridgehead atoms. The Balaban J connectivity index is 1.35. The molecule has 2 heterocycles. The SMILES string of the molecule is Cc1ccc(-c2ccc3c4ccccc4n(-c4cc(-c5ccc(F)cc5)ccc4-c4nc(-c5ccccc5)nc(-c5ccccc5)n4)c3c2)cc1. The first-order chi connectivity index (χ1) is 25.1. The number of rotatable bonds is 6. The van der Waals surface area contributed by atoms with E-state index in [1.807, 2.05) is 72.8 Å². The molecule has 0 amide bonds. The normalized spacial score (nSPS) is 11.3. The molecule has 9 aromatic rings. The highest BCUT2D eigenvalue weighted by molar-refractivity contribution is 6.10. The Hall–Kier alpha value is -6.72. The third-order valence-electron chi connectivity index (χ3n) is 9.42. The Morgan fingerprint density at radius 2 is 0.922 bits per heavy atom. The fraction of sp³-hybridized carbons (Fsp3) is 0.0217. The van der Waals surface area contributed by atoms with Crippen molar-refractivity contribution in [1.82, 2.24) is 19.5 Å². The largest absolute Gasteiger partial charge is 0.308 e. The molecule has 0 aliphatic rings. The third-order valence-corrected chi connectivity index (χ3v) is 9.42. The van der Waals surface area contributed by atoms with Crippen LogP contribution in [0.4, 0.5) is 4.39 Å². The van der Waals surface area contributed by atoms with Crippen molar-refractivity contribution in [3.8, 4) is 62.1 Å². The van der Waals surface area contributed by atoms with Gasteiger partial charge in [-0.15, -0.1) is 0 Å². The summed E-state index contributed by atoms with van der Waals surface area (Å²) in [5.74, 6) is 1.48. The van der Waals surface area contributed by atoms with Crippen LogP contribution in [0.3, 0.4) is 0 Å². The Kier molecular flexibility index (Phi) is 7.51. The molecule has 242 valence electrons. The van der Waals surface area contributed by atoms with E-state index in [4.69, 9.17) is 15.0 Å². The zero-order valence-corrected chi connectivity index (χ0v) is 27.8. The number of halogens is 1. The molecule has 2 aromatic heterocycles. The highest BCUT2D eigenvalue weighted by Crippen LogP contribution is 2.39. The van der Waals surface area contributed by atoms with Gasteiger partial charge in [-0.05, 0) is 65.6 Å². The van der Waals surface area contributed by atoms with E-state index in [0.717, 1.165) is 66.4 Å². The van der Waals surface area contributed by atoms with Gasteiger partial charge in [0, 0.05) is 27.5 Å². The molecule has 9 rings (SSSR count). The first-order valence-electron chi connectivity index (χ1n) is 17.0. The summed E-state index contributed by atoms with van der Waals surface area (Å²) in [7, 11) is 0. The summed E-state index contributed by atoms with van der Waals surface area (Å²) < 4.78 is 16.4. The van der Waals surface area contributed by atoms with Crippen molar-refractivity contribution in [3.63, 3.8) is 0 Å². The number of nitrogens with zero attached hydrogens (tertiary/aromatic N) is 4. The number of aryl methyl sites for hydroxylation is 1. The standard InChI is InChI=1S/C46H31FN4/c1-30-16-18-31(19-17-30)35-22-26-39-38-14-8-9-15-41(38)51(42(39)28-35)43-29-36(32-20-24-37(47)25-21-32)23-27-40(43)46-49-44(33-10-4-2-5-11-33)48-45(50-46)34-12-6-3-7-13-34/h2-29H,1H3. The average molecular weight is 659 g/mol. The van der Waals surface area contributed by atoms with Crippen LogP contribution in [0.15, 0.2) is 170 Å². The number of hydrogen-bond donors (Lipinski definition) is 0. The molecule has 5 heteroatoms. The highest BCUT2D eigenvalue weighted by Gasteiger charge is 2.21. The van der Waals surface area contributed by atoms with Gasteiger partial charge < -0.3 is 4.57 Å². The van der Waals surface area contributed by atoms with E-state index in [2.05, 4.69) is 96.4 Å². The molecule has 0 spiro atoms. The number of benzene rings is 7. The molecule has 4 nitrogen and oxygen atoms in total. The van der Waals surface area contributed by atoms with Gasteiger partial charge in [0.2, 0.25) is 0 Å². The van der Waals surface area contributed by atoms with Gasteiger partial charge in [0.05, 0.1) is 16.7 Å². The maximum Gasteiger partial charge on any atom is 0.166 e. The van der Waals surface area contributed by atoms with Crippen LogP contribution in [0.2, 0.25) is 0 Å². The quantitative estimate of drug-likeness (QED) is 0.179. The summed E-state index contributed by atoms with van der Waals surface area (Å²) in [6.07, 6.45) is 0. The molecule has 0 saturated carbocycles. The molecule has 0 radical (unpaired) electrons. The lowest BCUT2D eigenvalue weighted by Gasteiger charge is -2.17. The molecule has 0 N–H and O–H groups in total. The van der Waals surface area contributed by atoms with Gasteiger partial charge in [-0.3, -0.25) is 0 Å². The van der Waals surface area contributed by atoms with Crippen molar-refractivity contribution in [2.45, 2.75) is 6.92 Å². The van der Waals surface area contributed by atoms with Gasteiger partial charge >= 0.3 is 0 Å². The van der Waals surface area contributed by atoms with Crippen LogP contribution in [0, 0.1) is 12.7 Å². The second-order valence-corrected chi connectivity index (χ2v) is 12.7. The minimum atomic E-state index is -0.270. The van der Waals surface area contributed by atoms with Crippen LogP contribution in [0.1, 0.15) is 5.56 Å². The van der Waals surface area contributed by atoms with Crippen LogP contribution in [0.25, 0.3) is 83.9 Å². The van der Waals surface area contributed by atoms with Crippen molar-refractivity contribution in [1.29, 1.82) is 0 Å². The fourth-order valence-corrected chi connectivity index (χ4v) is 6.81. The fourth-order valence-electron chi connectivity index (χ4n) is 6.81. The van der Waals surface area contributed by atoms with Crippen molar-refractivity contribution in [3.05, 3.63) is 181 Å². The van der Waals surface area contributed by atoms with E-state index in [-0.39, 0.29) is 5.82 Å². The van der Waals surface area contributed by atoms with Gasteiger partial charge in [0.25, 0.3) is 0 Å². The predicted molar refractivity (Wildman–Crippen MR) is 206 cm³/mol. The molecule has 0 fully saturated rings. The zero-order chi connectivity index (χ0) is 34.3. The molecule has 51 heavy (non-hydrogen) atoms. The molecular weight excluding hydrogens is 628 g/mol. The second-order valence-electron chi connectivity index (χ2n) is 12.7. The number of fused-ring (bicyclic) bond motifs is 3. The molecule has 0 saturated heterocycles. The molecule has 7 aromatic carbocycles. The Morgan fingerprint density at radius 1 is 0.412 bits per heavy atom. The lowest BCUT2D eigenvalue weighted by Crippen LogP contribution is -2.04. The number of para-hydroxylation sites is 1. The van der Waals surface area contributed by atoms with Crippen LogP contribution in [-0.2, 0) is 0 Å². The average Bonchev–Trinajstić information content (AvgIpc) is 3.52. The minimum Gasteiger partial charge on any atom is -0.308 e. The smallest absolute Gasteiger partial charge is 0.166 e. The number of hydrogen-bond acceptors (Lipinski definition) is 3. The van der Waals surface area contributed by atoms with Crippen LogP contribution in [0.5, 0.6) is 0 Å². The van der Waals surface area contributed by atoms with Gasteiger partial charge in [-0.1, -0.05) is 139 Å². The molecular formula is C46H31FN4. The molecule has 0 atom stereocenters. The first kappa shape index (κ1) is 30.3. The summed E-state index contributed by atoms with van der Waals surface area (Å²) in [6, 6.07) is 56.8. The second kappa shape index (κ2) is 12.6. The summed E-state index contributed by atoms with van der Waals surface area (Å²) in [5, 5.41) is 2.29. The van der Waals surface area contributed by atoms with E-state index in [0.29, 0.717) is 17.5 Å². The Morgan fingerprint density at radius 3 is 1.59 bits per heavy atom. The summed E-state index contributed by atoms with van der Waals surface area (Å²) in [5.41, 5.74) is 11.1. The van der Waals surface area contributed by atoms with Crippen molar-refractivity contribution < 1.29 is 4.39 Å². The lowest BCUT2D eigenvalue weighted by atomic mass is 10.0. The van der Waals surface area contributed by atoms with Crippen LogP contribution < -0.4 is 0 Å². The maximum atomic E-state index is 14.1. The van der Waals surface area contributed by atoms with Gasteiger partial charge in [0.1, 0.15) is 5.82 Å². The predicted octanol–water partition coefficient (Wildman–Crippen LogP) is 11.8. The summed E-state index contributed by atoms with van der Waals surface area (Å²) >= 11 is 0. The van der Waals surface area contributed by atoms with Gasteiger partial charge in [-0.2, -0.15) is 0 Å². The molecule has 0 aliphatic heterocycles.